The van der Waals surface area contributed by atoms with Crippen molar-refractivity contribution in [2.75, 3.05) is 19.7 Å². The molecule has 2 aromatic rings. The molecule has 0 saturated carbocycles. The van der Waals surface area contributed by atoms with Gasteiger partial charge in [-0.25, -0.2) is 0 Å². The fourth-order valence-electron chi connectivity index (χ4n) is 2.47. The van der Waals surface area contributed by atoms with Crippen LogP contribution in [0.5, 0.6) is 5.75 Å². The molecule has 0 unspecified atom stereocenters. The maximum absolute atomic E-state index is 5.84. The number of hydrogen-bond donors (Lipinski definition) is 1. The number of hydrogen-bond acceptors (Lipinski definition) is 5. The summed E-state index contributed by atoms with van der Waals surface area (Å²) in [5.74, 6) is 2.53. The Kier molecular flexibility index (Phi) is 3.97. The lowest BCUT2D eigenvalue weighted by Gasteiger charge is -2.18. The van der Waals surface area contributed by atoms with Gasteiger partial charge in [0.1, 0.15) is 5.75 Å². The van der Waals surface area contributed by atoms with Crippen molar-refractivity contribution in [1.29, 1.82) is 0 Å². The fourth-order valence-corrected chi connectivity index (χ4v) is 2.47. The zero-order chi connectivity index (χ0) is 13.8. The van der Waals surface area contributed by atoms with Gasteiger partial charge in [-0.1, -0.05) is 6.07 Å². The second-order valence-corrected chi connectivity index (χ2v) is 4.93. The van der Waals surface area contributed by atoms with Crippen LogP contribution in [0.15, 0.2) is 28.7 Å². The van der Waals surface area contributed by atoms with Gasteiger partial charge in [0.15, 0.2) is 0 Å². The van der Waals surface area contributed by atoms with Crippen LogP contribution in [0.4, 0.5) is 0 Å². The lowest BCUT2D eigenvalue weighted by molar-refractivity contribution is 0.340. The Labute approximate surface area is 118 Å². The molecule has 1 aliphatic rings. The summed E-state index contributed by atoms with van der Waals surface area (Å²) in [5.41, 5.74) is 0.906. The van der Waals surface area contributed by atoms with Gasteiger partial charge in [0.2, 0.25) is 11.8 Å². The standard InChI is InChI=1S/C15H19N3O2/c1-2-19-13-5-3-4-12(10-13)15-18-17-14(20-15)11-6-8-16-9-7-11/h3-5,10-11,16H,2,6-9H2,1H3. The average Bonchev–Trinajstić information content (AvgIpc) is 2.99. The second-order valence-electron chi connectivity index (χ2n) is 4.93. The van der Waals surface area contributed by atoms with E-state index in [1.807, 2.05) is 31.2 Å². The smallest absolute Gasteiger partial charge is 0.247 e. The molecule has 106 valence electrons. The highest BCUT2D eigenvalue weighted by molar-refractivity contribution is 5.55. The first-order valence-corrected chi connectivity index (χ1v) is 7.14. The molecule has 1 aromatic carbocycles. The Hall–Kier alpha value is -1.88. The van der Waals surface area contributed by atoms with Gasteiger partial charge in [0.25, 0.3) is 0 Å². The summed E-state index contributed by atoms with van der Waals surface area (Å²) in [7, 11) is 0. The van der Waals surface area contributed by atoms with E-state index in [1.54, 1.807) is 0 Å². The van der Waals surface area contributed by atoms with Crippen molar-refractivity contribution >= 4 is 0 Å². The van der Waals surface area contributed by atoms with Crippen LogP contribution in [0.1, 0.15) is 31.6 Å². The van der Waals surface area contributed by atoms with E-state index in [4.69, 9.17) is 9.15 Å². The maximum Gasteiger partial charge on any atom is 0.247 e. The minimum Gasteiger partial charge on any atom is -0.494 e. The van der Waals surface area contributed by atoms with Crippen molar-refractivity contribution < 1.29 is 9.15 Å². The highest BCUT2D eigenvalue weighted by Crippen LogP contribution is 2.28. The van der Waals surface area contributed by atoms with Crippen LogP contribution in [0.2, 0.25) is 0 Å². The van der Waals surface area contributed by atoms with Crippen molar-refractivity contribution in [3.05, 3.63) is 30.2 Å². The number of piperidine rings is 1. The lowest BCUT2D eigenvalue weighted by atomic mass is 9.98. The van der Waals surface area contributed by atoms with E-state index >= 15 is 0 Å². The minimum atomic E-state index is 0.382. The lowest BCUT2D eigenvalue weighted by Crippen LogP contribution is -2.26. The maximum atomic E-state index is 5.84. The molecule has 0 atom stereocenters. The van der Waals surface area contributed by atoms with Gasteiger partial charge in [-0.05, 0) is 51.1 Å². The summed E-state index contributed by atoms with van der Waals surface area (Å²) in [5, 5.41) is 11.7. The Morgan fingerprint density at radius 2 is 2.15 bits per heavy atom. The average molecular weight is 273 g/mol. The molecule has 3 rings (SSSR count). The van der Waals surface area contributed by atoms with E-state index in [-0.39, 0.29) is 0 Å². The first kappa shape index (κ1) is 13.1. The summed E-state index contributed by atoms with van der Waals surface area (Å²) < 4.78 is 11.3. The van der Waals surface area contributed by atoms with Crippen LogP contribution in [0.3, 0.4) is 0 Å². The molecule has 1 saturated heterocycles. The van der Waals surface area contributed by atoms with Gasteiger partial charge < -0.3 is 14.5 Å². The van der Waals surface area contributed by atoms with Crippen LogP contribution in [-0.4, -0.2) is 29.9 Å². The largest absolute Gasteiger partial charge is 0.494 e. The Balaban J connectivity index is 1.80. The summed E-state index contributed by atoms with van der Waals surface area (Å²) >= 11 is 0. The third-order valence-electron chi connectivity index (χ3n) is 3.52. The zero-order valence-electron chi connectivity index (χ0n) is 11.6. The third kappa shape index (κ3) is 2.82. The molecule has 0 spiro atoms. The molecule has 1 fully saturated rings. The number of rotatable bonds is 4. The van der Waals surface area contributed by atoms with Gasteiger partial charge in [-0.2, -0.15) is 0 Å². The number of nitrogens with one attached hydrogen (secondary N) is 1. The van der Waals surface area contributed by atoms with Crippen molar-refractivity contribution in [3.63, 3.8) is 0 Å². The number of benzene rings is 1. The van der Waals surface area contributed by atoms with Crippen LogP contribution in [0.25, 0.3) is 11.5 Å². The van der Waals surface area contributed by atoms with Crippen LogP contribution in [-0.2, 0) is 0 Å². The fraction of sp³-hybridized carbons (Fsp3) is 0.467. The molecule has 5 nitrogen and oxygen atoms in total. The predicted molar refractivity (Wildman–Crippen MR) is 75.7 cm³/mol. The molecule has 20 heavy (non-hydrogen) atoms. The molecular weight excluding hydrogens is 254 g/mol. The predicted octanol–water partition coefficient (Wildman–Crippen LogP) is 2.60. The Bertz CT molecular complexity index is 562. The van der Waals surface area contributed by atoms with Crippen LogP contribution in [0, 0.1) is 0 Å². The molecule has 0 radical (unpaired) electrons. The van der Waals surface area contributed by atoms with E-state index in [2.05, 4.69) is 15.5 Å². The van der Waals surface area contributed by atoms with Crippen molar-refractivity contribution in [1.82, 2.24) is 15.5 Å². The molecule has 1 N–H and O–H groups in total. The molecule has 0 aliphatic carbocycles. The minimum absolute atomic E-state index is 0.382. The number of nitrogens with zero attached hydrogens (tertiary/aromatic N) is 2. The SMILES string of the molecule is CCOc1cccc(-c2nnc(C3CCNCC3)o2)c1. The summed E-state index contributed by atoms with van der Waals surface area (Å²) in [6.45, 7) is 4.65. The summed E-state index contributed by atoms with van der Waals surface area (Å²) in [6, 6.07) is 7.76. The normalized spacial score (nSPS) is 16.2. The first-order chi connectivity index (χ1) is 9.86. The van der Waals surface area contributed by atoms with E-state index in [9.17, 15) is 0 Å². The zero-order valence-corrected chi connectivity index (χ0v) is 11.6. The van der Waals surface area contributed by atoms with Crippen molar-refractivity contribution in [2.45, 2.75) is 25.7 Å². The number of ether oxygens (including phenoxy) is 1. The van der Waals surface area contributed by atoms with E-state index in [1.165, 1.54) is 0 Å². The second kappa shape index (κ2) is 6.05. The van der Waals surface area contributed by atoms with Gasteiger partial charge in [0, 0.05) is 11.5 Å². The molecule has 1 aromatic heterocycles. The van der Waals surface area contributed by atoms with Crippen molar-refractivity contribution in [2.24, 2.45) is 0 Å². The van der Waals surface area contributed by atoms with E-state index < -0.39 is 0 Å². The van der Waals surface area contributed by atoms with Gasteiger partial charge in [-0.15, -0.1) is 10.2 Å². The first-order valence-electron chi connectivity index (χ1n) is 7.14. The Morgan fingerprint density at radius 3 is 2.95 bits per heavy atom. The quantitative estimate of drug-likeness (QED) is 0.927. The monoisotopic (exact) mass is 273 g/mol. The highest BCUT2D eigenvalue weighted by atomic mass is 16.5. The number of aromatic nitrogens is 2. The van der Waals surface area contributed by atoms with Gasteiger partial charge in [-0.3, -0.25) is 0 Å². The third-order valence-corrected chi connectivity index (χ3v) is 3.52. The summed E-state index contributed by atoms with van der Waals surface area (Å²) in [6.07, 6.45) is 2.11. The van der Waals surface area contributed by atoms with Gasteiger partial charge in [0.05, 0.1) is 6.61 Å². The van der Waals surface area contributed by atoms with Crippen LogP contribution < -0.4 is 10.1 Å². The highest BCUT2D eigenvalue weighted by Gasteiger charge is 2.21. The molecule has 0 bridgehead atoms. The van der Waals surface area contributed by atoms with E-state index in [0.29, 0.717) is 18.4 Å². The Morgan fingerprint density at radius 1 is 1.30 bits per heavy atom. The molecule has 1 aliphatic heterocycles. The van der Waals surface area contributed by atoms with Crippen LogP contribution >= 0.6 is 0 Å². The van der Waals surface area contributed by atoms with Gasteiger partial charge >= 0.3 is 0 Å². The summed E-state index contributed by atoms with van der Waals surface area (Å²) in [4.78, 5) is 0. The van der Waals surface area contributed by atoms with E-state index in [0.717, 1.165) is 43.1 Å². The van der Waals surface area contributed by atoms with Crippen molar-refractivity contribution in [3.8, 4) is 17.2 Å². The molecular formula is C15H19N3O2. The molecule has 0 amide bonds. The topological polar surface area (TPSA) is 60.2 Å². The molecule has 2 heterocycles. The molecule has 5 heteroatoms.